The molecule has 4 aromatic rings. The van der Waals surface area contributed by atoms with Crippen LogP contribution in [0.25, 0.3) is 32.6 Å². The number of ether oxygens (including phenoxy) is 1. The number of carbonyl (C=O) groups is 1. The molecule has 0 bridgehead atoms. The molecule has 0 saturated heterocycles. The second-order valence-corrected chi connectivity index (χ2v) is 6.56. The van der Waals surface area contributed by atoms with Gasteiger partial charge in [-0.05, 0) is 29.7 Å². The molecule has 3 nitrogen and oxygen atoms in total. The molecule has 0 unspecified atom stereocenters. The van der Waals surface area contributed by atoms with Crippen molar-refractivity contribution in [2.75, 3.05) is 7.11 Å². The molecule has 30 heavy (non-hydrogen) atoms. The Morgan fingerprint density at radius 3 is 2.13 bits per heavy atom. The van der Waals surface area contributed by atoms with Crippen molar-refractivity contribution in [3.63, 3.8) is 0 Å². The third-order valence-electron chi connectivity index (χ3n) is 4.78. The number of rotatable bonds is 2. The highest BCUT2D eigenvalue weighted by molar-refractivity contribution is 6.20. The molecule has 4 rings (SSSR count). The van der Waals surface area contributed by atoms with Crippen LogP contribution in [0.1, 0.15) is 15.9 Å². The van der Waals surface area contributed by atoms with Crippen LogP contribution < -0.4 is 4.74 Å². The highest BCUT2D eigenvalue weighted by atomic mass is 19.4. The van der Waals surface area contributed by atoms with Crippen molar-refractivity contribution in [2.24, 2.45) is 0 Å². The zero-order chi connectivity index (χ0) is 21.8. The molecule has 0 aliphatic rings. The molecule has 9 heteroatoms. The third-order valence-corrected chi connectivity index (χ3v) is 4.78. The minimum absolute atomic E-state index is 0.00400. The summed E-state index contributed by atoms with van der Waals surface area (Å²) < 4.78 is 86.6. The normalized spacial score (nSPS) is 12.6. The summed E-state index contributed by atoms with van der Waals surface area (Å²) in [6, 6.07) is 9.97. The first-order chi connectivity index (χ1) is 14.0. The van der Waals surface area contributed by atoms with Crippen LogP contribution in [-0.4, -0.2) is 24.1 Å². The van der Waals surface area contributed by atoms with Crippen LogP contribution >= 0.6 is 0 Å². The minimum atomic E-state index is -5.25. The van der Waals surface area contributed by atoms with Gasteiger partial charge in [-0.2, -0.15) is 26.3 Å². The van der Waals surface area contributed by atoms with Crippen LogP contribution in [-0.2, 0) is 6.18 Å². The zero-order valence-corrected chi connectivity index (χ0v) is 15.2. The van der Waals surface area contributed by atoms with E-state index in [-0.39, 0.29) is 32.9 Å². The number of hydrogen-bond donors (Lipinski definition) is 0. The number of nitrogens with zero attached hydrogens (tertiary/aromatic N) is 1. The molecule has 154 valence electrons. The topological polar surface area (TPSA) is 39.2 Å². The van der Waals surface area contributed by atoms with Crippen molar-refractivity contribution >= 4 is 38.4 Å². The van der Waals surface area contributed by atoms with Gasteiger partial charge < -0.3 is 4.74 Å². The largest absolute Gasteiger partial charge is 0.497 e. The second kappa shape index (κ2) is 6.58. The van der Waals surface area contributed by atoms with Crippen molar-refractivity contribution < 1.29 is 35.9 Å². The summed E-state index contributed by atoms with van der Waals surface area (Å²) in [5.41, 5.74) is -2.19. The van der Waals surface area contributed by atoms with Crippen molar-refractivity contribution in [1.29, 1.82) is 0 Å². The van der Waals surface area contributed by atoms with E-state index in [0.29, 0.717) is 6.07 Å². The third kappa shape index (κ3) is 3.10. The zero-order valence-electron chi connectivity index (χ0n) is 15.2. The molecule has 0 saturated carbocycles. The first-order valence-corrected chi connectivity index (χ1v) is 8.54. The van der Waals surface area contributed by atoms with Gasteiger partial charge >= 0.3 is 12.4 Å². The molecule has 0 radical (unpaired) electrons. The van der Waals surface area contributed by atoms with Gasteiger partial charge in [0.1, 0.15) is 5.75 Å². The molecule has 3 aromatic carbocycles. The molecule has 0 aliphatic heterocycles. The Labute approximate surface area is 164 Å². The summed E-state index contributed by atoms with van der Waals surface area (Å²) in [6.07, 6.45) is -10.2. The molecular weight excluding hydrogens is 412 g/mol. The number of halogens is 6. The fourth-order valence-corrected chi connectivity index (χ4v) is 3.52. The van der Waals surface area contributed by atoms with Crippen LogP contribution in [0, 0.1) is 0 Å². The van der Waals surface area contributed by atoms with Gasteiger partial charge in [0.2, 0.25) is 0 Å². The fourth-order valence-electron chi connectivity index (χ4n) is 3.52. The number of aromatic nitrogens is 1. The van der Waals surface area contributed by atoms with E-state index >= 15 is 0 Å². The van der Waals surface area contributed by atoms with E-state index in [1.807, 2.05) is 0 Å². The fraction of sp³-hybridized carbons (Fsp3) is 0.143. The summed E-state index contributed by atoms with van der Waals surface area (Å²) in [6.45, 7) is 0. The van der Waals surface area contributed by atoms with Crippen LogP contribution in [0.2, 0.25) is 0 Å². The van der Waals surface area contributed by atoms with Gasteiger partial charge in [-0.25, -0.2) is 4.98 Å². The lowest BCUT2D eigenvalue weighted by Gasteiger charge is -2.17. The van der Waals surface area contributed by atoms with E-state index in [1.54, 1.807) is 0 Å². The minimum Gasteiger partial charge on any atom is -0.497 e. The van der Waals surface area contributed by atoms with Crippen molar-refractivity contribution in [3.8, 4) is 5.75 Å². The van der Waals surface area contributed by atoms with Crippen LogP contribution in [0.15, 0.2) is 48.5 Å². The Kier molecular flexibility index (Phi) is 4.37. The molecule has 0 spiro atoms. The van der Waals surface area contributed by atoms with Crippen molar-refractivity contribution in [3.05, 3.63) is 59.7 Å². The summed E-state index contributed by atoms with van der Waals surface area (Å²) in [4.78, 5) is 16.3. The Morgan fingerprint density at radius 1 is 0.867 bits per heavy atom. The lowest BCUT2D eigenvalue weighted by atomic mass is 9.93. The van der Waals surface area contributed by atoms with Gasteiger partial charge in [-0.1, -0.05) is 24.3 Å². The lowest BCUT2D eigenvalue weighted by Crippen LogP contribution is -2.23. The van der Waals surface area contributed by atoms with E-state index in [1.165, 1.54) is 43.5 Å². The van der Waals surface area contributed by atoms with Crippen LogP contribution in [0.5, 0.6) is 5.75 Å². The van der Waals surface area contributed by atoms with Crippen LogP contribution in [0.3, 0.4) is 0 Å². The van der Waals surface area contributed by atoms with Gasteiger partial charge in [0.05, 0.1) is 23.7 Å². The Bertz CT molecular complexity index is 1320. The predicted molar refractivity (Wildman–Crippen MR) is 98.7 cm³/mol. The monoisotopic (exact) mass is 423 g/mol. The second-order valence-electron chi connectivity index (χ2n) is 6.56. The lowest BCUT2D eigenvalue weighted by molar-refractivity contribution is -0.135. The summed E-state index contributed by atoms with van der Waals surface area (Å²) in [7, 11) is 1.27. The number of ketones is 1. The van der Waals surface area contributed by atoms with Gasteiger partial charge in [0.15, 0.2) is 0 Å². The number of benzene rings is 3. The summed E-state index contributed by atoms with van der Waals surface area (Å²) in [5.74, 6) is -2.10. The summed E-state index contributed by atoms with van der Waals surface area (Å²) in [5, 5.41) is -1.03. The van der Waals surface area contributed by atoms with E-state index in [0.717, 1.165) is 6.07 Å². The van der Waals surface area contributed by atoms with E-state index in [2.05, 4.69) is 4.98 Å². The average molecular weight is 423 g/mol. The number of pyridine rings is 1. The van der Waals surface area contributed by atoms with Crippen molar-refractivity contribution in [1.82, 2.24) is 4.98 Å². The number of fused-ring (bicyclic) bond motifs is 4. The number of carbonyl (C=O) groups excluding carboxylic acids is 1. The Balaban J connectivity index is 2.27. The maximum atomic E-state index is 14.1. The molecule has 1 heterocycles. The standard InChI is InChI=1S/C21H11F6NO2/c1-30-10-6-7-16-14(8-10)17(20(22,23)24)15-9-13(19(29)21(25,26)27)11-4-2-3-5-12(11)18(15)28-16/h2-9H,1H3. The first kappa shape index (κ1) is 19.9. The molecule has 0 N–H and O–H groups in total. The maximum Gasteiger partial charge on any atom is 0.454 e. The van der Waals surface area contributed by atoms with E-state index < -0.39 is 34.6 Å². The number of hydrogen-bond acceptors (Lipinski definition) is 3. The maximum absolute atomic E-state index is 14.1. The van der Waals surface area contributed by atoms with Gasteiger partial charge in [0, 0.05) is 21.7 Å². The first-order valence-electron chi connectivity index (χ1n) is 8.54. The molecular formula is C21H11F6NO2. The highest BCUT2D eigenvalue weighted by Crippen LogP contribution is 2.43. The molecule has 0 atom stereocenters. The quantitative estimate of drug-likeness (QED) is 0.164. The SMILES string of the molecule is COc1ccc2nc3c(cc(C(=O)C(F)(F)F)c4ccccc43)c(C(F)(F)F)c2c1. The number of methoxy groups -OCH3 is 1. The number of Topliss-reactive ketones (excluding diaryl/α,β-unsaturated/α-hetero) is 1. The summed E-state index contributed by atoms with van der Waals surface area (Å²) >= 11 is 0. The molecule has 0 fully saturated rings. The number of alkyl halides is 6. The van der Waals surface area contributed by atoms with Gasteiger partial charge in [0.25, 0.3) is 5.78 Å². The highest BCUT2D eigenvalue weighted by Gasteiger charge is 2.41. The molecule has 1 aromatic heterocycles. The molecule has 0 amide bonds. The van der Waals surface area contributed by atoms with Crippen molar-refractivity contribution in [2.45, 2.75) is 12.4 Å². The van der Waals surface area contributed by atoms with E-state index in [9.17, 15) is 31.1 Å². The molecule has 0 aliphatic carbocycles. The Hall–Kier alpha value is -3.36. The van der Waals surface area contributed by atoms with Gasteiger partial charge in [-0.15, -0.1) is 0 Å². The smallest absolute Gasteiger partial charge is 0.454 e. The van der Waals surface area contributed by atoms with Crippen LogP contribution in [0.4, 0.5) is 26.3 Å². The predicted octanol–water partition coefficient (Wildman–Crippen LogP) is 6.31. The van der Waals surface area contributed by atoms with E-state index in [4.69, 9.17) is 4.74 Å². The average Bonchev–Trinajstić information content (AvgIpc) is 2.69. The van der Waals surface area contributed by atoms with Gasteiger partial charge in [-0.3, -0.25) is 4.79 Å². The Morgan fingerprint density at radius 2 is 1.53 bits per heavy atom.